The number of nitrogens with one attached hydrogen (secondary N) is 3. The minimum atomic E-state index is -0.323. The van der Waals surface area contributed by atoms with Crippen molar-refractivity contribution in [3.8, 4) is 0 Å². The number of aromatic nitrogens is 2. The summed E-state index contributed by atoms with van der Waals surface area (Å²) in [6.07, 6.45) is 3.25. The number of carbonyl (C=O) groups excluding carboxylic acids is 1. The Kier molecular flexibility index (Phi) is 2.67. The molecule has 19 heavy (non-hydrogen) atoms. The van der Waals surface area contributed by atoms with Crippen molar-refractivity contribution in [1.82, 2.24) is 9.97 Å². The molecule has 1 saturated carbocycles. The predicted octanol–water partition coefficient (Wildman–Crippen LogP) is 1.07. The Morgan fingerprint density at radius 3 is 2.74 bits per heavy atom. The average Bonchev–Trinajstić information content (AvgIpc) is 2.66. The lowest BCUT2D eigenvalue weighted by atomic mass is 9.75. The van der Waals surface area contributed by atoms with Gasteiger partial charge < -0.3 is 21.0 Å². The molecule has 0 atom stereocenters. The summed E-state index contributed by atoms with van der Waals surface area (Å²) in [5, 5.41) is 2.81. The lowest BCUT2D eigenvalue weighted by molar-refractivity contribution is -0.118. The Balaban J connectivity index is 1.73. The molecule has 0 radical (unpaired) electrons. The van der Waals surface area contributed by atoms with Crippen molar-refractivity contribution in [2.24, 2.45) is 5.73 Å². The van der Waals surface area contributed by atoms with Gasteiger partial charge in [0.2, 0.25) is 5.91 Å². The van der Waals surface area contributed by atoms with Gasteiger partial charge in [0.15, 0.2) is 0 Å². The second-order valence-corrected chi connectivity index (χ2v) is 5.28. The number of imidazole rings is 1. The molecule has 5 N–H and O–H groups in total. The highest BCUT2D eigenvalue weighted by molar-refractivity contribution is 5.93. The standard InChI is InChI=1S/C13H16N4O2/c14-13(4-1-5-13)7-11(18)15-8-2-3-9-10(6-8)17-12(19)16-9/h2-3,6H,1,4-5,7,14H2,(H,15,18)(H2,16,17,19). The molecule has 1 aliphatic carbocycles. The Hall–Kier alpha value is -2.08. The SMILES string of the molecule is NC1(CC(=O)Nc2ccc3[nH]c(=O)[nH]c3c2)CCC1. The van der Waals surface area contributed by atoms with Crippen LogP contribution in [0.5, 0.6) is 0 Å². The summed E-state index contributed by atoms with van der Waals surface area (Å²) in [4.78, 5) is 28.3. The van der Waals surface area contributed by atoms with Crippen LogP contribution in [-0.2, 0) is 4.79 Å². The van der Waals surface area contributed by atoms with Crippen molar-refractivity contribution in [1.29, 1.82) is 0 Å². The maximum atomic E-state index is 11.9. The number of aromatic amines is 2. The van der Waals surface area contributed by atoms with Crippen molar-refractivity contribution >= 4 is 22.6 Å². The van der Waals surface area contributed by atoms with Crippen molar-refractivity contribution in [3.05, 3.63) is 28.7 Å². The van der Waals surface area contributed by atoms with Crippen LogP contribution in [0.3, 0.4) is 0 Å². The molecule has 0 spiro atoms. The van der Waals surface area contributed by atoms with Gasteiger partial charge in [0.1, 0.15) is 0 Å². The maximum Gasteiger partial charge on any atom is 0.323 e. The number of fused-ring (bicyclic) bond motifs is 1. The van der Waals surface area contributed by atoms with Crippen LogP contribution in [0.2, 0.25) is 0 Å². The van der Waals surface area contributed by atoms with E-state index >= 15 is 0 Å². The molecule has 0 unspecified atom stereocenters. The molecule has 2 aromatic rings. The third-order valence-electron chi connectivity index (χ3n) is 3.66. The van der Waals surface area contributed by atoms with Crippen LogP contribution < -0.4 is 16.7 Å². The third kappa shape index (κ3) is 2.39. The van der Waals surface area contributed by atoms with Gasteiger partial charge in [-0.25, -0.2) is 4.79 Å². The van der Waals surface area contributed by atoms with Crippen molar-refractivity contribution < 1.29 is 4.79 Å². The largest absolute Gasteiger partial charge is 0.326 e. The lowest BCUT2D eigenvalue weighted by Gasteiger charge is -2.37. The van der Waals surface area contributed by atoms with E-state index in [2.05, 4.69) is 15.3 Å². The minimum Gasteiger partial charge on any atom is -0.326 e. The number of hydrogen-bond donors (Lipinski definition) is 4. The Morgan fingerprint density at radius 1 is 1.32 bits per heavy atom. The van der Waals surface area contributed by atoms with Crippen LogP contribution in [0.4, 0.5) is 5.69 Å². The molecule has 1 aromatic heterocycles. The average molecular weight is 260 g/mol. The second kappa shape index (κ2) is 4.24. The maximum absolute atomic E-state index is 11.9. The van der Waals surface area contributed by atoms with Crippen molar-refractivity contribution in [3.63, 3.8) is 0 Å². The van der Waals surface area contributed by atoms with Gasteiger partial charge in [0, 0.05) is 17.6 Å². The molecule has 0 aliphatic heterocycles. The highest BCUT2D eigenvalue weighted by Crippen LogP contribution is 2.32. The first-order valence-electron chi connectivity index (χ1n) is 6.35. The normalized spacial score (nSPS) is 17.1. The van der Waals surface area contributed by atoms with Gasteiger partial charge in [-0.05, 0) is 37.5 Å². The van der Waals surface area contributed by atoms with Gasteiger partial charge in [-0.1, -0.05) is 0 Å². The van der Waals surface area contributed by atoms with E-state index in [-0.39, 0.29) is 17.1 Å². The zero-order chi connectivity index (χ0) is 13.5. The van der Waals surface area contributed by atoms with Crippen molar-refractivity contribution in [2.75, 3.05) is 5.32 Å². The first kappa shape index (κ1) is 12.0. The molecule has 100 valence electrons. The second-order valence-electron chi connectivity index (χ2n) is 5.28. The number of anilines is 1. The summed E-state index contributed by atoms with van der Waals surface area (Å²) in [6, 6.07) is 5.24. The van der Waals surface area contributed by atoms with E-state index in [4.69, 9.17) is 5.73 Å². The molecule has 0 saturated heterocycles. The smallest absolute Gasteiger partial charge is 0.323 e. The molecule has 1 amide bonds. The molecular formula is C13H16N4O2. The predicted molar refractivity (Wildman–Crippen MR) is 72.9 cm³/mol. The highest BCUT2D eigenvalue weighted by Gasteiger charge is 2.34. The van der Waals surface area contributed by atoms with Gasteiger partial charge >= 0.3 is 5.69 Å². The monoisotopic (exact) mass is 260 g/mol. The number of benzene rings is 1. The molecule has 1 aromatic carbocycles. The fourth-order valence-corrected chi connectivity index (χ4v) is 2.44. The van der Waals surface area contributed by atoms with Crippen LogP contribution in [-0.4, -0.2) is 21.4 Å². The van der Waals surface area contributed by atoms with Gasteiger partial charge in [-0.3, -0.25) is 4.79 Å². The van der Waals surface area contributed by atoms with Crippen LogP contribution in [0, 0.1) is 0 Å². The van der Waals surface area contributed by atoms with Crippen LogP contribution in [0.1, 0.15) is 25.7 Å². The van der Waals surface area contributed by atoms with Crippen molar-refractivity contribution in [2.45, 2.75) is 31.2 Å². The molecule has 6 heteroatoms. The highest BCUT2D eigenvalue weighted by atomic mass is 16.1. The van der Waals surface area contributed by atoms with E-state index in [1.165, 1.54) is 0 Å². The molecule has 6 nitrogen and oxygen atoms in total. The number of H-pyrrole nitrogens is 2. The fraction of sp³-hybridized carbons (Fsp3) is 0.385. The summed E-state index contributed by atoms with van der Waals surface area (Å²) in [6.45, 7) is 0. The lowest BCUT2D eigenvalue weighted by Crippen LogP contribution is -2.48. The van der Waals surface area contributed by atoms with Crippen LogP contribution >= 0.6 is 0 Å². The van der Waals surface area contributed by atoms with Gasteiger partial charge in [-0.2, -0.15) is 0 Å². The van der Waals surface area contributed by atoms with Crippen LogP contribution in [0.15, 0.2) is 23.0 Å². The van der Waals surface area contributed by atoms with E-state index in [0.717, 1.165) is 24.8 Å². The van der Waals surface area contributed by atoms with E-state index in [1.807, 2.05) is 0 Å². The molecule has 3 rings (SSSR count). The quantitative estimate of drug-likeness (QED) is 0.663. The van der Waals surface area contributed by atoms with E-state index < -0.39 is 0 Å². The van der Waals surface area contributed by atoms with Crippen LogP contribution in [0.25, 0.3) is 11.0 Å². The summed E-state index contributed by atoms with van der Waals surface area (Å²) in [5.41, 5.74) is 7.52. The number of rotatable bonds is 3. The first-order chi connectivity index (χ1) is 9.04. The van der Waals surface area contributed by atoms with Gasteiger partial charge in [0.25, 0.3) is 0 Å². The molecular weight excluding hydrogens is 244 g/mol. The topological polar surface area (TPSA) is 104 Å². The minimum absolute atomic E-state index is 0.0839. The van der Waals surface area contributed by atoms with E-state index in [1.54, 1.807) is 18.2 Å². The summed E-state index contributed by atoms with van der Waals surface area (Å²) in [7, 11) is 0. The van der Waals surface area contributed by atoms with Gasteiger partial charge in [0.05, 0.1) is 11.0 Å². The molecule has 1 heterocycles. The Labute approximate surface area is 109 Å². The third-order valence-corrected chi connectivity index (χ3v) is 3.66. The zero-order valence-electron chi connectivity index (χ0n) is 10.5. The molecule has 1 fully saturated rings. The number of amides is 1. The van der Waals surface area contributed by atoms with E-state index in [9.17, 15) is 9.59 Å². The Morgan fingerprint density at radius 2 is 2.05 bits per heavy atom. The summed E-state index contributed by atoms with van der Waals surface area (Å²) >= 11 is 0. The summed E-state index contributed by atoms with van der Waals surface area (Å²) in [5.74, 6) is -0.0839. The molecule has 0 bridgehead atoms. The number of nitrogens with two attached hydrogens (primary N) is 1. The zero-order valence-corrected chi connectivity index (χ0v) is 10.5. The number of hydrogen-bond acceptors (Lipinski definition) is 3. The summed E-state index contributed by atoms with van der Waals surface area (Å²) < 4.78 is 0. The Bertz CT molecular complexity index is 681. The first-order valence-corrected chi connectivity index (χ1v) is 6.35. The van der Waals surface area contributed by atoms with Gasteiger partial charge in [-0.15, -0.1) is 0 Å². The fourth-order valence-electron chi connectivity index (χ4n) is 2.44. The molecule has 1 aliphatic rings. The number of carbonyl (C=O) groups is 1. The van der Waals surface area contributed by atoms with E-state index in [0.29, 0.717) is 17.6 Å².